The third kappa shape index (κ3) is 4.39. The molecule has 0 saturated heterocycles. The van der Waals surface area contributed by atoms with E-state index in [0.717, 1.165) is 11.4 Å². The van der Waals surface area contributed by atoms with Crippen LogP contribution < -0.4 is 4.90 Å². The van der Waals surface area contributed by atoms with Gasteiger partial charge in [0, 0.05) is 22.1 Å². The van der Waals surface area contributed by atoms with Crippen LogP contribution in [0.5, 0.6) is 0 Å². The fourth-order valence-corrected chi connectivity index (χ4v) is 7.97. The molecule has 8 aromatic carbocycles. The first-order valence-electron chi connectivity index (χ1n) is 16.8. The Morgan fingerprint density at radius 1 is 0.438 bits per heavy atom. The molecule has 0 fully saturated rings. The van der Waals surface area contributed by atoms with Crippen molar-refractivity contribution in [1.82, 2.24) is 0 Å². The summed E-state index contributed by atoms with van der Waals surface area (Å²) < 4.78 is 0. The molecule has 1 aliphatic carbocycles. The number of para-hydroxylation sites is 1. The highest BCUT2D eigenvalue weighted by molar-refractivity contribution is 6.19. The van der Waals surface area contributed by atoms with E-state index in [4.69, 9.17) is 0 Å². The standard InChI is InChI=1S/C47H35N/c1-47(2)42-23-13-11-22-40(42)41-31-36-26-25-35-19-9-10-21-39(35)44(36)46(45(41)47)48(37-29-27-33(28-30-37)32-15-5-3-6-16-32)43-24-14-12-20-38(43)34-17-7-4-8-18-34/h3-31H,1-2H3. The van der Waals surface area contributed by atoms with E-state index >= 15 is 0 Å². The normalized spacial score (nSPS) is 13.0. The Kier molecular flexibility index (Phi) is 6.55. The zero-order chi connectivity index (χ0) is 32.2. The van der Waals surface area contributed by atoms with Crippen LogP contribution in [0.4, 0.5) is 17.1 Å². The molecule has 0 aliphatic heterocycles. The molecule has 0 atom stereocenters. The lowest BCUT2D eigenvalue weighted by molar-refractivity contribution is 0.661. The molecule has 0 amide bonds. The van der Waals surface area contributed by atoms with Crippen LogP contribution in [0.25, 0.3) is 54.9 Å². The van der Waals surface area contributed by atoms with Gasteiger partial charge in [-0.3, -0.25) is 0 Å². The van der Waals surface area contributed by atoms with Gasteiger partial charge in [-0.15, -0.1) is 0 Å². The highest BCUT2D eigenvalue weighted by Gasteiger charge is 2.40. The average molecular weight is 614 g/mol. The molecule has 0 saturated carbocycles. The number of hydrogen-bond donors (Lipinski definition) is 0. The van der Waals surface area contributed by atoms with Gasteiger partial charge in [-0.05, 0) is 79.4 Å². The summed E-state index contributed by atoms with van der Waals surface area (Å²) >= 11 is 0. The Morgan fingerprint density at radius 2 is 1.02 bits per heavy atom. The fraction of sp³-hybridized carbons (Fsp3) is 0.0638. The van der Waals surface area contributed by atoms with Crippen LogP contribution in [-0.2, 0) is 5.41 Å². The lowest BCUT2D eigenvalue weighted by Crippen LogP contribution is -2.21. The number of hydrogen-bond acceptors (Lipinski definition) is 1. The van der Waals surface area contributed by atoms with Gasteiger partial charge in [0.15, 0.2) is 0 Å². The summed E-state index contributed by atoms with van der Waals surface area (Å²) in [5.41, 5.74) is 13.5. The summed E-state index contributed by atoms with van der Waals surface area (Å²) in [5.74, 6) is 0. The number of anilines is 3. The van der Waals surface area contributed by atoms with Crippen LogP contribution in [-0.4, -0.2) is 0 Å². The molecule has 48 heavy (non-hydrogen) atoms. The predicted molar refractivity (Wildman–Crippen MR) is 205 cm³/mol. The zero-order valence-corrected chi connectivity index (χ0v) is 27.2. The topological polar surface area (TPSA) is 3.24 Å². The first-order valence-corrected chi connectivity index (χ1v) is 16.8. The first kappa shape index (κ1) is 28.3. The molecule has 228 valence electrons. The third-order valence-electron chi connectivity index (χ3n) is 10.2. The van der Waals surface area contributed by atoms with Gasteiger partial charge in [-0.2, -0.15) is 0 Å². The molecule has 0 bridgehead atoms. The van der Waals surface area contributed by atoms with E-state index in [1.807, 2.05) is 0 Å². The zero-order valence-electron chi connectivity index (χ0n) is 27.2. The van der Waals surface area contributed by atoms with Crippen LogP contribution in [0.2, 0.25) is 0 Å². The second kappa shape index (κ2) is 11.1. The monoisotopic (exact) mass is 613 g/mol. The average Bonchev–Trinajstić information content (AvgIpc) is 3.38. The van der Waals surface area contributed by atoms with E-state index in [1.54, 1.807) is 0 Å². The van der Waals surface area contributed by atoms with Crippen LogP contribution in [0, 0.1) is 0 Å². The predicted octanol–water partition coefficient (Wildman–Crippen LogP) is 13.1. The highest BCUT2D eigenvalue weighted by atomic mass is 15.2. The Labute approximate surface area is 282 Å². The van der Waals surface area contributed by atoms with E-state index in [9.17, 15) is 0 Å². The van der Waals surface area contributed by atoms with Crippen molar-refractivity contribution >= 4 is 38.6 Å². The minimum atomic E-state index is -0.226. The Hall–Kier alpha value is -5.92. The molecule has 0 radical (unpaired) electrons. The molecular formula is C47H35N. The van der Waals surface area contributed by atoms with Gasteiger partial charge in [-0.1, -0.05) is 166 Å². The molecule has 8 aromatic rings. The van der Waals surface area contributed by atoms with Crippen molar-refractivity contribution in [2.75, 3.05) is 4.90 Å². The van der Waals surface area contributed by atoms with Gasteiger partial charge in [0.05, 0.1) is 11.4 Å². The number of benzene rings is 8. The van der Waals surface area contributed by atoms with Gasteiger partial charge in [0.2, 0.25) is 0 Å². The number of nitrogens with zero attached hydrogens (tertiary/aromatic N) is 1. The first-order chi connectivity index (χ1) is 23.6. The van der Waals surface area contributed by atoms with Crippen molar-refractivity contribution in [1.29, 1.82) is 0 Å². The second-order valence-corrected chi connectivity index (χ2v) is 13.3. The summed E-state index contributed by atoms with van der Waals surface area (Å²) in [6, 6.07) is 64.4. The van der Waals surface area contributed by atoms with E-state index in [1.165, 1.54) is 71.7 Å². The molecule has 1 nitrogen and oxygen atoms in total. The lowest BCUT2D eigenvalue weighted by Gasteiger charge is -2.35. The minimum Gasteiger partial charge on any atom is -0.309 e. The molecule has 0 heterocycles. The van der Waals surface area contributed by atoms with Crippen molar-refractivity contribution in [3.8, 4) is 33.4 Å². The minimum absolute atomic E-state index is 0.226. The van der Waals surface area contributed by atoms with Crippen LogP contribution in [0.15, 0.2) is 176 Å². The SMILES string of the molecule is CC1(C)c2ccccc2-c2cc3ccc4ccccc4c3c(N(c3ccc(-c4ccccc4)cc3)c3ccccc3-c3ccccc3)c21. The van der Waals surface area contributed by atoms with Gasteiger partial charge in [0.25, 0.3) is 0 Å². The van der Waals surface area contributed by atoms with Gasteiger partial charge >= 0.3 is 0 Å². The Bertz CT molecular complexity index is 2460. The largest absolute Gasteiger partial charge is 0.309 e. The maximum atomic E-state index is 2.55. The van der Waals surface area contributed by atoms with Gasteiger partial charge < -0.3 is 4.90 Å². The maximum Gasteiger partial charge on any atom is 0.0593 e. The van der Waals surface area contributed by atoms with Gasteiger partial charge in [-0.25, -0.2) is 0 Å². The molecule has 9 rings (SSSR count). The Balaban J connectivity index is 1.43. The maximum absolute atomic E-state index is 2.55. The molecule has 0 spiro atoms. The van der Waals surface area contributed by atoms with Crippen LogP contribution in [0.1, 0.15) is 25.0 Å². The van der Waals surface area contributed by atoms with Crippen molar-refractivity contribution in [2.45, 2.75) is 19.3 Å². The van der Waals surface area contributed by atoms with Crippen LogP contribution >= 0.6 is 0 Å². The van der Waals surface area contributed by atoms with Gasteiger partial charge in [0.1, 0.15) is 0 Å². The van der Waals surface area contributed by atoms with Crippen LogP contribution in [0.3, 0.4) is 0 Å². The summed E-state index contributed by atoms with van der Waals surface area (Å²) in [7, 11) is 0. The summed E-state index contributed by atoms with van der Waals surface area (Å²) in [4.78, 5) is 2.55. The highest BCUT2D eigenvalue weighted by Crippen LogP contribution is 2.58. The van der Waals surface area contributed by atoms with E-state index < -0.39 is 0 Å². The van der Waals surface area contributed by atoms with E-state index in [-0.39, 0.29) is 5.41 Å². The van der Waals surface area contributed by atoms with E-state index in [0.29, 0.717) is 0 Å². The molecule has 0 N–H and O–H groups in total. The second-order valence-electron chi connectivity index (χ2n) is 13.3. The van der Waals surface area contributed by atoms with Crippen molar-refractivity contribution in [2.24, 2.45) is 0 Å². The molecule has 0 aromatic heterocycles. The smallest absolute Gasteiger partial charge is 0.0593 e. The molecular weight excluding hydrogens is 579 g/mol. The van der Waals surface area contributed by atoms with E-state index in [2.05, 4.69) is 195 Å². The van der Waals surface area contributed by atoms with Crippen molar-refractivity contribution in [3.63, 3.8) is 0 Å². The molecule has 1 heteroatoms. The van der Waals surface area contributed by atoms with Crippen molar-refractivity contribution in [3.05, 3.63) is 187 Å². The quantitative estimate of drug-likeness (QED) is 0.175. The Morgan fingerprint density at radius 3 is 1.79 bits per heavy atom. The third-order valence-corrected chi connectivity index (χ3v) is 10.2. The molecule has 1 aliphatic rings. The fourth-order valence-electron chi connectivity index (χ4n) is 7.97. The lowest BCUT2D eigenvalue weighted by atomic mass is 9.79. The summed E-state index contributed by atoms with van der Waals surface area (Å²) in [6.45, 7) is 4.80. The number of rotatable bonds is 5. The summed E-state index contributed by atoms with van der Waals surface area (Å²) in [5, 5.41) is 5.04. The number of fused-ring (bicyclic) bond motifs is 6. The summed E-state index contributed by atoms with van der Waals surface area (Å²) in [6.07, 6.45) is 0. The van der Waals surface area contributed by atoms with Crippen molar-refractivity contribution < 1.29 is 0 Å². The molecule has 0 unspecified atom stereocenters.